The molecule has 0 saturated carbocycles. The number of urea groups is 1. The number of anilines is 1. The number of alkyl halides is 2. The van der Waals surface area contributed by atoms with Crippen LogP contribution in [0.25, 0.3) is 0 Å². The van der Waals surface area contributed by atoms with Crippen LogP contribution < -0.4 is 15.4 Å². The first kappa shape index (κ1) is 20.8. The predicted octanol–water partition coefficient (Wildman–Crippen LogP) is 3.41. The van der Waals surface area contributed by atoms with E-state index >= 15 is 0 Å². The Balaban J connectivity index is 1.84. The van der Waals surface area contributed by atoms with Crippen molar-refractivity contribution in [3.8, 4) is 5.75 Å². The fourth-order valence-corrected chi connectivity index (χ4v) is 2.28. The van der Waals surface area contributed by atoms with Crippen LogP contribution in [-0.4, -0.2) is 31.1 Å². The highest BCUT2D eigenvalue weighted by atomic mass is 19.3. The Hall–Kier alpha value is -3.49. The number of imide groups is 1. The summed E-state index contributed by atoms with van der Waals surface area (Å²) in [6.07, 6.45) is 0. The number of amides is 3. The lowest BCUT2D eigenvalue weighted by Gasteiger charge is -2.10. The Bertz CT molecular complexity index is 886. The second kappa shape index (κ2) is 9.45. The number of benzene rings is 2. The first-order valence-electron chi connectivity index (χ1n) is 8.14. The molecule has 2 aromatic carbocycles. The number of carbonyl (C=O) groups excluding carboxylic acids is 3. The minimum absolute atomic E-state index is 0.0781. The van der Waals surface area contributed by atoms with Crippen LogP contribution in [0.1, 0.15) is 21.5 Å². The van der Waals surface area contributed by atoms with Crippen LogP contribution in [0.2, 0.25) is 0 Å². The summed E-state index contributed by atoms with van der Waals surface area (Å²) in [6.45, 7) is -0.0472. The number of aryl methyl sites for hydroxylation is 2. The molecule has 0 aliphatic carbocycles. The fraction of sp³-hybridized carbons (Fsp3) is 0.211. The molecule has 9 heteroatoms. The Morgan fingerprint density at radius 3 is 2.50 bits per heavy atom. The van der Waals surface area contributed by atoms with Crippen molar-refractivity contribution in [1.29, 1.82) is 0 Å². The van der Waals surface area contributed by atoms with Gasteiger partial charge in [0.2, 0.25) is 0 Å². The normalized spacial score (nSPS) is 10.3. The Kier molecular flexibility index (Phi) is 7.02. The summed E-state index contributed by atoms with van der Waals surface area (Å²) in [5.41, 5.74) is 2.30. The summed E-state index contributed by atoms with van der Waals surface area (Å²) in [4.78, 5) is 35.5. The van der Waals surface area contributed by atoms with Crippen molar-refractivity contribution in [2.24, 2.45) is 0 Å². The number of rotatable bonds is 6. The highest BCUT2D eigenvalue weighted by Crippen LogP contribution is 2.17. The van der Waals surface area contributed by atoms with Crippen molar-refractivity contribution in [3.63, 3.8) is 0 Å². The number of halogens is 2. The molecule has 2 rings (SSSR count). The van der Waals surface area contributed by atoms with Gasteiger partial charge in [0.25, 0.3) is 5.91 Å². The molecule has 0 heterocycles. The number of esters is 1. The van der Waals surface area contributed by atoms with E-state index in [-0.39, 0.29) is 11.3 Å². The molecule has 28 heavy (non-hydrogen) atoms. The lowest BCUT2D eigenvalue weighted by molar-refractivity contribution is -0.123. The van der Waals surface area contributed by atoms with Gasteiger partial charge in [-0.15, -0.1) is 0 Å². The minimum Gasteiger partial charge on any atom is -0.452 e. The van der Waals surface area contributed by atoms with Gasteiger partial charge in [0, 0.05) is 5.69 Å². The molecule has 0 spiro atoms. The molecular weight excluding hydrogens is 374 g/mol. The first-order chi connectivity index (χ1) is 13.2. The molecule has 0 atom stereocenters. The van der Waals surface area contributed by atoms with Gasteiger partial charge in [-0.2, -0.15) is 8.78 Å². The van der Waals surface area contributed by atoms with E-state index in [1.807, 2.05) is 18.3 Å². The van der Waals surface area contributed by atoms with Gasteiger partial charge < -0.3 is 14.8 Å². The Labute approximate surface area is 159 Å². The molecule has 0 radical (unpaired) electrons. The van der Waals surface area contributed by atoms with E-state index in [1.54, 1.807) is 19.1 Å². The van der Waals surface area contributed by atoms with Crippen molar-refractivity contribution >= 4 is 23.6 Å². The van der Waals surface area contributed by atoms with Gasteiger partial charge in [0.15, 0.2) is 6.61 Å². The van der Waals surface area contributed by atoms with Crippen LogP contribution in [-0.2, 0) is 9.53 Å². The lowest BCUT2D eigenvalue weighted by Crippen LogP contribution is -2.37. The van der Waals surface area contributed by atoms with Gasteiger partial charge in [0.1, 0.15) is 5.75 Å². The number of hydrogen-bond donors (Lipinski definition) is 2. The van der Waals surface area contributed by atoms with E-state index in [0.29, 0.717) is 5.69 Å². The van der Waals surface area contributed by atoms with Crippen LogP contribution >= 0.6 is 0 Å². The zero-order valence-electron chi connectivity index (χ0n) is 15.1. The van der Waals surface area contributed by atoms with Crippen LogP contribution in [0.5, 0.6) is 5.75 Å². The number of nitrogens with one attached hydrogen (secondary N) is 2. The maximum atomic E-state index is 12.2. The molecule has 7 nitrogen and oxygen atoms in total. The first-order valence-corrected chi connectivity index (χ1v) is 8.14. The van der Waals surface area contributed by atoms with Crippen LogP contribution in [0.3, 0.4) is 0 Å². The van der Waals surface area contributed by atoms with E-state index in [0.717, 1.165) is 17.2 Å². The minimum atomic E-state index is -3.03. The van der Waals surface area contributed by atoms with Crippen molar-refractivity contribution < 1.29 is 32.6 Å². The van der Waals surface area contributed by atoms with E-state index in [9.17, 15) is 23.2 Å². The Morgan fingerprint density at radius 1 is 1.07 bits per heavy atom. The van der Waals surface area contributed by atoms with Crippen LogP contribution in [0.4, 0.5) is 19.3 Å². The SMILES string of the molecule is Cc1ccc(NC(=O)NC(=O)COC(=O)c2cccc(OC(F)F)c2)c(C)c1. The number of carbonyl (C=O) groups is 3. The standard InChI is InChI=1S/C19H18F2N2O5/c1-11-6-7-15(12(2)8-11)22-19(26)23-16(24)10-27-17(25)13-4-3-5-14(9-13)28-18(20)21/h3-9,18H,10H2,1-2H3,(H2,22,23,24,26). The molecule has 0 fully saturated rings. The topological polar surface area (TPSA) is 93.7 Å². The summed E-state index contributed by atoms with van der Waals surface area (Å²) in [5, 5.41) is 4.54. The smallest absolute Gasteiger partial charge is 0.387 e. The molecule has 0 saturated heterocycles. The third-order valence-corrected chi connectivity index (χ3v) is 3.51. The van der Waals surface area contributed by atoms with Gasteiger partial charge in [-0.3, -0.25) is 10.1 Å². The zero-order valence-corrected chi connectivity index (χ0v) is 15.1. The van der Waals surface area contributed by atoms with E-state index in [2.05, 4.69) is 10.1 Å². The van der Waals surface area contributed by atoms with Crippen LogP contribution in [0, 0.1) is 13.8 Å². The van der Waals surface area contributed by atoms with Crippen LogP contribution in [0.15, 0.2) is 42.5 Å². The second-order valence-electron chi connectivity index (χ2n) is 5.80. The summed E-state index contributed by atoms with van der Waals surface area (Å²) in [7, 11) is 0. The van der Waals surface area contributed by atoms with E-state index in [4.69, 9.17) is 4.74 Å². The van der Waals surface area contributed by atoms with Gasteiger partial charge in [-0.25, -0.2) is 9.59 Å². The maximum absolute atomic E-state index is 12.2. The number of hydrogen-bond acceptors (Lipinski definition) is 5. The second-order valence-corrected chi connectivity index (χ2v) is 5.80. The summed E-state index contributed by atoms with van der Waals surface area (Å²) in [5.74, 6) is -2.00. The maximum Gasteiger partial charge on any atom is 0.387 e. The van der Waals surface area contributed by atoms with Gasteiger partial charge in [0.05, 0.1) is 5.56 Å². The van der Waals surface area contributed by atoms with Crippen molar-refractivity contribution in [2.45, 2.75) is 20.5 Å². The van der Waals surface area contributed by atoms with E-state index < -0.39 is 31.1 Å². The summed E-state index contributed by atoms with van der Waals surface area (Å²) >= 11 is 0. The van der Waals surface area contributed by atoms with E-state index in [1.165, 1.54) is 18.2 Å². The lowest BCUT2D eigenvalue weighted by atomic mass is 10.1. The van der Waals surface area contributed by atoms with Crippen molar-refractivity contribution in [1.82, 2.24) is 5.32 Å². The average molecular weight is 392 g/mol. The highest BCUT2D eigenvalue weighted by molar-refractivity contribution is 6.02. The summed E-state index contributed by atoms with van der Waals surface area (Å²) < 4.78 is 33.4. The van der Waals surface area contributed by atoms with Crippen molar-refractivity contribution in [3.05, 3.63) is 59.2 Å². The largest absolute Gasteiger partial charge is 0.452 e. The third-order valence-electron chi connectivity index (χ3n) is 3.51. The summed E-state index contributed by atoms with van der Waals surface area (Å²) in [6, 6.07) is 9.52. The molecule has 148 valence electrons. The van der Waals surface area contributed by atoms with Gasteiger partial charge in [-0.1, -0.05) is 23.8 Å². The predicted molar refractivity (Wildman–Crippen MR) is 96.4 cm³/mol. The molecule has 0 aliphatic rings. The molecule has 0 aromatic heterocycles. The fourth-order valence-electron chi connectivity index (χ4n) is 2.28. The number of ether oxygens (including phenoxy) is 2. The molecule has 3 amide bonds. The van der Waals surface area contributed by atoms with Gasteiger partial charge in [-0.05, 0) is 43.7 Å². The molecule has 0 bridgehead atoms. The zero-order chi connectivity index (χ0) is 20.7. The van der Waals surface area contributed by atoms with Gasteiger partial charge >= 0.3 is 18.6 Å². The van der Waals surface area contributed by atoms with Crippen molar-refractivity contribution in [2.75, 3.05) is 11.9 Å². The molecule has 0 aliphatic heterocycles. The molecule has 2 N–H and O–H groups in total. The highest BCUT2D eigenvalue weighted by Gasteiger charge is 2.14. The molecule has 2 aromatic rings. The quantitative estimate of drug-likeness (QED) is 0.735. The molecule has 0 unspecified atom stereocenters. The monoisotopic (exact) mass is 392 g/mol. The third kappa shape index (κ3) is 6.35. The molecular formula is C19H18F2N2O5. The average Bonchev–Trinajstić information content (AvgIpc) is 2.61. The Morgan fingerprint density at radius 2 is 1.82 bits per heavy atom.